The minimum Gasteiger partial charge on any atom is -0.369 e. The molecule has 3 rings (SSSR count). The van der Waals surface area contributed by atoms with Gasteiger partial charge in [0.2, 0.25) is 5.95 Å². The Morgan fingerprint density at radius 1 is 1.47 bits per heavy atom. The van der Waals surface area contributed by atoms with Crippen molar-refractivity contribution in [3.8, 4) is 0 Å². The summed E-state index contributed by atoms with van der Waals surface area (Å²) >= 11 is 3.35. The second-order valence-electron chi connectivity index (χ2n) is 3.53. The summed E-state index contributed by atoms with van der Waals surface area (Å²) in [6.45, 7) is 0.469. The van der Waals surface area contributed by atoms with Crippen LogP contribution in [0.1, 0.15) is 5.76 Å². The van der Waals surface area contributed by atoms with Gasteiger partial charge >= 0.3 is 0 Å². The van der Waals surface area contributed by atoms with E-state index in [1.807, 2.05) is 6.07 Å². The Bertz CT molecular complexity index is 661. The van der Waals surface area contributed by atoms with Crippen LogP contribution >= 0.6 is 15.9 Å². The zero-order chi connectivity index (χ0) is 11.8. The van der Waals surface area contributed by atoms with E-state index < -0.39 is 0 Å². The third-order valence-corrected chi connectivity index (χ3v) is 2.82. The van der Waals surface area contributed by atoms with Crippen LogP contribution in [0.5, 0.6) is 0 Å². The zero-order valence-corrected chi connectivity index (χ0v) is 10.3. The maximum atomic E-state index is 5.85. The van der Waals surface area contributed by atoms with Crippen LogP contribution in [0.3, 0.4) is 0 Å². The number of hydrogen-bond acceptors (Lipinski definition) is 5. The predicted octanol–water partition coefficient (Wildman–Crippen LogP) is 1.81. The highest BCUT2D eigenvalue weighted by molar-refractivity contribution is 9.10. The Balaban J connectivity index is 2.12. The lowest BCUT2D eigenvalue weighted by atomic mass is 10.4. The molecule has 3 aromatic rings. The molecular weight excluding hydrogens is 286 g/mol. The van der Waals surface area contributed by atoms with Crippen molar-refractivity contribution in [2.75, 3.05) is 5.73 Å². The summed E-state index contributed by atoms with van der Waals surface area (Å²) < 4.78 is 7.69. The zero-order valence-electron chi connectivity index (χ0n) is 8.67. The maximum absolute atomic E-state index is 5.85. The molecule has 0 spiro atoms. The molecule has 0 radical (unpaired) electrons. The van der Waals surface area contributed by atoms with Gasteiger partial charge in [-0.25, -0.2) is 9.97 Å². The van der Waals surface area contributed by atoms with Crippen molar-refractivity contribution in [3.63, 3.8) is 0 Å². The third kappa shape index (κ3) is 1.78. The minimum atomic E-state index is 0.405. The van der Waals surface area contributed by atoms with Gasteiger partial charge in [0.15, 0.2) is 11.4 Å². The molecule has 7 heteroatoms. The van der Waals surface area contributed by atoms with E-state index in [9.17, 15) is 0 Å². The second-order valence-corrected chi connectivity index (χ2v) is 4.45. The molecule has 6 nitrogen and oxygen atoms in total. The summed E-state index contributed by atoms with van der Waals surface area (Å²) in [5.41, 5.74) is 7.33. The molecule has 0 saturated carbocycles. The second kappa shape index (κ2) is 3.85. The van der Waals surface area contributed by atoms with Crippen LogP contribution in [0.2, 0.25) is 0 Å². The summed E-state index contributed by atoms with van der Waals surface area (Å²) in [4.78, 5) is 8.53. The topological polar surface area (TPSA) is 82.8 Å². The number of hydrogen-bond donors (Lipinski definition) is 1. The molecule has 0 atom stereocenters. The molecule has 86 valence electrons. The molecule has 0 bridgehead atoms. The number of nitrogens with two attached hydrogens (primary N) is 1. The number of nitrogen functional groups attached to an aromatic ring is 1. The number of halogens is 1. The normalized spacial score (nSPS) is 11.1. The molecule has 0 aliphatic carbocycles. The van der Waals surface area contributed by atoms with E-state index >= 15 is 0 Å². The van der Waals surface area contributed by atoms with Gasteiger partial charge in [0.1, 0.15) is 5.52 Å². The van der Waals surface area contributed by atoms with Crippen LogP contribution in [0, 0.1) is 0 Å². The summed E-state index contributed by atoms with van der Waals surface area (Å²) in [5, 5.41) is 3.65. The first-order valence-corrected chi connectivity index (χ1v) is 5.70. The summed E-state index contributed by atoms with van der Waals surface area (Å²) in [7, 11) is 0. The van der Waals surface area contributed by atoms with Crippen molar-refractivity contribution >= 4 is 33.0 Å². The molecule has 3 heterocycles. The van der Waals surface area contributed by atoms with E-state index in [4.69, 9.17) is 10.3 Å². The average molecular weight is 294 g/mol. The number of imidazole rings is 1. The fraction of sp³-hybridized carbons (Fsp3) is 0.100. The van der Waals surface area contributed by atoms with Crippen LogP contribution in [0.15, 0.2) is 33.5 Å². The van der Waals surface area contributed by atoms with E-state index in [1.54, 1.807) is 23.0 Å². The Morgan fingerprint density at radius 3 is 3.12 bits per heavy atom. The number of aromatic nitrogens is 4. The Hall–Kier alpha value is -1.89. The summed E-state index contributed by atoms with van der Waals surface area (Å²) in [6, 6.07) is 3.65. The highest BCUT2D eigenvalue weighted by atomic mass is 79.9. The lowest BCUT2D eigenvalue weighted by molar-refractivity contribution is 0.378. The van der Waals surface area contributed by atoms with Gasteiger partial charge in [-0.2, -0.15) is 0 Å². The van der Waals surface area contributed by atoms with Gasteiger partial charge in [-0.1, -0.05) is 5.16 Å². The molecule has 3 aromatic heterocycles. The van der Waals surface area contributed by atoms with Crippen LogP contribution in [0.25, 0.3) is 11.2 Å². The van der Waals surface area contributed by atoms with Crippen LogP contribution in [-0.2, 0) is 6.54 Å². The lowest BCUT2D eigenvalue weighted by Gasteiger charge is -2.01. The number of anilines is 1. The monoisotopic (exact) mass is 293 g/mol. The van der Waals surface area contributed by atoms with Crippen LogP contribution < -0.4 is 5.73 Å². The van der Waals surface area contributed by atoms with E-state index in [0.29, 0.717) is 18.3 Å². The molecule has 0 fully saturated rings. The minimum absolute atomic E-state index is 0.405. The van der Waals surface area contributed by atoms with Crippen molar-refractivity contribution < 1.29 is 4.52 Å². The maximum Gasteiger partial charge on any atom is 0.202 e. The quantitative estimate of drug-likeness (QED) is 0.779. The van der Waals surface area contributed by atoms with Crippen molar-refractivity contribution in [1.82, 2.24) is 19.7 Å². The van der Waals surface area contributed by atoms with Crippen molar-refractivity contribution in [2.24, 2.45) is 0 Å². The van der Waals surface area contributed by atoms with Gasteiger partial charge in [-0.3, -0.25) is 4.57 Å². The number of fused-ring (bicyclic) bond motifs is 1. The Morgan fingerprint density at radius 2 is 2.35 bits per heavy atom. The number of rotatable bonds is 2. The highest BCUT2D eigenvalue weighted by Crippen LogP contribution is 2.20. The van der Waals surface area contributed by atoms with Gasteiger partial charge in [0, 0.05) is 16.7 Å². The van der Waals surface area contributed by atoms with Gasteiger partial charge < -0.3 is 10.3 Å². The molecule has 0 unspecified atom stereocenters. The summed E-state index contributed by atoms with van der Waals surface area (Å²) in [5.74, 6) is 1.11. The lowest BCUT2D eigenvalue weighted by Crippen LogP contribution is -2.04. The SMILES string of the molecule is Nc1nc2cc(Br)cnc2n1Cc1ccno1. The first kappa shape index (κ1) is 10.3. The first-order chi connectivity index (χ1) is 8.24. The van der Waals surface area contributed by atoms with E-state index in [0.717, 1.165) is 15.6 Å². The Labute approximate surface area is 105 Å². The predicted molar refractivity (Wildman–Crippen MR) is 65.2 cm³/mol. The van der Waals surface area contributed by atoms with Crippen molar-refractivity contribution in [3.05, 3.63) is 34.8 Å². The van der Waals surface area contributed by atoms with Gasteiger partial charge in [-0.15, -0.1) is 0 Å². The molecule has 0 amide bonds. The fourth-order valence-corrected chi connectivity index (χ4v) is 1.96. The molecule has 0 aliphatic rings. The fourth-order valence-electron chi connectivity index (χ4n) is 1.64. The summed E-state index contributed by atoms with van der Waals surface area (Å²) in [6.07, 6.45) is 3.30. The standard InChI is InChI=1S/C10H8BrN5O/c11-6-3-8-9(13-4-6)16(10(12)15-8)5-7-1-2-14-17-7/h1-4H,5H2,(H2,12,15). The van der Waals surface area contributed by atoms with Crippen molar-refractivity contribution in [2.45, 2.75) is 6.54 Å². The van der Waals surface area contributed by atoms with Gasteiger partial charge in [0.05, 0.1) is 12.7 Å². The van der Waals surface area contributed by atoms with Crippen LogP contribution in [0.4, 0.5) is 5.95 Å². The van der Waals surface area contributed by atoms with E-state index in [1.165, 1.54) is 0 Å². The number of pyridine rings is 1. The molecule has 0 saturated heterocycles. The Kier molecular flexibility index (Phi) is 2.32. The molecule has 17 heavy (non-hydrogen) atoms. The van der Waals surface area contributed by atoms with E-state index in [2.05, 4.69) is 31.1 Å². The van der Waals surface area contributed by atoms with Crippen molar-refractivity contribution in [1.29, 1.82) is 0 Å². The smallest absolute Gasteiger partial charge is 0.202 e. The molecule has 2 N–H and O–H groups in total. The average Bonchev–Trinajstić information content (AvgIpc) is 2.88. The highest BCUT2D eigenvalue weighted by Gasteiger charge is 2.11. The largest absolute Gasteiger partial charge is 0.369 e. The van der Waals surface area contributed by atoms with E-state index in [-0.39, 0.29) is 0 Å². The molecule has 0 aliphatic heterocycles. The van der Waals surface area contributed by atoms with Gasteiger partial charge in [0.25, 0.3) is 0 Å². The first-order valence-electron chi connectivity index (χ1n) is 4.91. The third-order valence-electron chi connectivity index (χ3n) is 2.39. The van der Waals surface area contributed by atoms with Crippen LogP contribution in [-0.4, -0.2) is 19.7 Å². The molecular formula is C10H8BrN5O. The number of nitrogens with zero attached hydrogens (tertiary/aromatic N) is 4. The molecule has 0 aromatic carbocycles. The van der Waals surface area contributed by atoms with Gasteiger partial charge in [-0.05, 0) is 22.0 Å².